The Kier molecular flexibility index (Phi) is 10.6. The molecule has 30 heavy (non-hydrogen) atoms. The number of hydrogen-bond donors (Lipinski definition) is 2. The van der Waals surface area contributed by atoms with Crippen LogP contribution in [0.5, 0.6) is 0 Å². The Bertz CT molecular complexity index is 758. The second-order valence-electron chi connectivity index (χ2n) is 7.85. The van der Waals surface area contributed by atoms with Gasteiger partial charge in [-0.25, -0.2) is 0 Å². The molecule has 1 saturated heterocycles. The number of hydrogen-bond acceptors (Lipinski definition) is 5. The molecule has 2 aromatic rings. The van der Waals surface area contributed by atoms with Crippen LogP contribution in [0.3, 0.4) is 0 Å². The van der Waals surface area contributed by atoms with Crippen LogP contribution in [0.15, 0.2) is 39.8 Å². The lowest BCUT2D eigenvalue weighted by atomic mass is 10.1. The third-order valence-corrected chi connectivity index (χ3v) is 5.31. The van der Waals surface area contributed by atoms with Gasteiger partial charge in [-0.15, -0.1) is 24.0 Å². The second kappa shape index (κ2) is 12.9. The number of nitrogens with zero attached hydrogens (tertiary/aromatic N) is 4. The third kappa shape index (κ3) is 7.23. The molecule has 7 nitrogen and oxygen atoms in total. The zero-order chi connectivity index (χ0) is 20.5. The van der Waals surface area contributed by atoms with E-state index in [0.717, 1.165) is 50.8 Å². The van der Waals surface area contributed by atoms with Crippen LogP contribution in [0.1, 0.15) is 62.3 Å². The molecule has 1 atom stereocenters. The molecule has 2 heterocycles. The Balaban J connectivity index is 0.00000320. The van der Waals surface area contributed by atoms with Gasteiger partial charge in [0.1, 0.15) is 0 Å². The van der Waals surface area contributed by atoms with Crippen molar-refractivity contribution >= 4 is 29.9 Å². The highest BCUT2D eigenvalue weighted by Gasteiger charge is 2.23. The van der Waals surface area contributed by atoms with Gasteiger partial charge in [0.25, 0.3) is 0 Å². The van der Waals surface area contributed by atoms with Gasteiger partial charge in [0, 0.05) is 32.5 Å². The van der Waals surface area contributed by atoms with Crippen molar-refractivity contribution in [2.24, 2.45) is 4.99 Å². The Labute approximate surface area is 197 Å². The van der Waals surface area contributed by atoms with Gasteiger partial charge in [-0.1, -0.05) is 49.3 Å². The van der Waals surface area contributed by atoms with Gasteiger partial charge in [0.2, 0.25) is 5.89 Å². The summed E-state index contributed by atoms with van der Waals surface area (Å²) < 4.78 is 5.30. The van der Waals surface area contributed by atoms with Gasteiger partial charge in [0.05, 0.1) is 6.04 Å². The van der Waals surface area contributed by atoms with Crippen molar-refractivity contribution in [3.63, 3.8) is 0 Å². The van der Waals surface area contributed by atoms with Crippen molar-refractivity contribution in [1.29, 1.82) is 0 Å². The van der Waals surface area contributed by atoms with Crippen molar-refractivity contribution in [3.05, 3.63) is 47.6 Å². The lowest BCUT2D eigenvalue weighted by Crippen LogP contribution is -2.43. The van der Waals surface area contributed by atoms with Crippen LogP contribution in [0.2, 0.25) is 0 Å². The van der Waals surface area contributed by atoms with Crippen LogP contribution in [-0.2, 0) is 6.42 Å². The zero-order valence-corrected chi connectivity index (χ0v) is 20.6. The molecule has 0 amide bonds. The van der Waals surface area contributed by atoms with E-state index in [0.29, 0.717) is 17.9 Å². The topological polar surface area (TPSA) is 78.6 Å². The molecule has 8 heteroatoms. The summed E-state index contributed by atoms with van der Waals surface area (Å²) in [7, 11) is 1.82. The predicted molar refractivity (Wildman–Crippen MR) is 131 cm³/mol. The molecule has 1 aromatic carbocycles. The number of nitrogens with one attached hydrogen (secondary N) is 2. The maximum Gasteiger partial charge on any atom is 0.226 e. The molecule has 166 valence electrons. The average molecular weight is 526 g/mol. The quantitative estimate of drug-likeness (QED) is 0.224. The van der Waals surface area contributed by atoms with Crippen LogP contribution in [-0.4, -0.2) is 54.2 Å². The Morgan fingerprint density at radius 2 is 1.90 bits per heavy atom. The monoisotopic (exact) mass is 526 g/mol. The summed E-state index contributed by atoms with van der Waals surface area (Å²) in [4.78, 5) is 11.4. The van der Waals surface area contributed by atoms with E-state index in [1.807, 2.05) is 7.05 Å². The van der Waals surface area contributed by atoms with Gasteiger partial charge in [-0.2, -0.15) is 4.98 Å². The van der Waals surface area contributed by atoms with Gasteiger partial charge in [-0.3, -0.25) is 9.89 Å². The molecule has 3 rings (SSSR count). The van der Waals surface area contributed by atoms with Crippen LogP contribution in [0.25, 0.3) is 0 Å². The van der Waals surface area contributed by atoms with E-state index in [-0.39, 0.29) is 24.0 Å². The normalized spacial score (nSPS) is 15.8. The van der Waals surface area contributed by atoms with E-state index < -0.39 is 0 Å². The van der Waals surface area contributed by atoms with Crippen LogP contribution in [0, 0.1) is 0 Å². The molecule has 0 bridgehead atoms. The molecule has 1 fully saturated rings. The number of aromatic nitrogens is 2. The molecule has 1 aliphatic rings. The van der Waals surface area contributed by atoms with Gasteiger partial charge >= 0.3 is 0 Å². The molecule has 1 unspecified atom stereocenters. The number of aliphatic imine (C=N–C) groups is 1. The second-order valence-corrected chi connectivity index (χ2v) is 7.85. The first-order chi connectivity index (χ1) is 14.2. The lowest BCUT2D eigenvalue weighted by Gasteiger charge is -2.29. The van der Waals surface area contributed by atoms with Gasteiger partial charge < -0.3 is 15.2 Å². The van der Waals surface area contributed by atoms with Gasteiger partial charge in [-0.05, 0) is 37.9 Å². The highest BCUT2D eigenvalue weighted by atomic mass is 127. The minimum atomic E-state index is 0. The van der Waals surface area contributed by atoms with Crippen molar-refractivity contribution < 1.29 is 4.52 Å². The van der Waals surface area contributed by atoms with E-state index in [2.05, 4.69) is 74.8 Å². The molecule has 0 radical (unpaired) electrons. The number of benzene rings is 1. The first kappa shape index (κ1) is 24.6. The summed E-state index contributed by atoms with van der Waals surface area (Å²) in [5.41, 5.74) is 1.36. The molecular formula is C22H35IN6O. The molecule has 2 N–H and O–H groups in total. The highest BCUT2D eigenvalue weighted by Crippen LogP contribution is 2.24. The smallest absolute Gasteiger partial charge is 0.226 e. The Morgan fingerprint density at radius 1 is 1.17 bits per heavy atom. The molecular weight excluding hydrogens is 491 g/mol. The minimum absolute atomic E-state index is 0. The number of halogens is 1. The van der Waals surface area contributed by atoms with E-state index in [9.17, 15) is 0 Å². The molecule has 0 aliphatic carbocycles. The molecule has 0 spiro atoms. The number of guanidine groups is 1. The molecule has 0 saturated carbocycles. The fourth-order valence-electron chi connectivity index (χ4n) is 3.65. The van der Waals surface area contributed by atoms with E-state index >= 15 is 0 Å². The Hall–Kier alpha value is -1.68. The zero-order valence-electron chi connectivity index (χ0n) is 18.3. The minimum Gasteiger partial charge on any atom is -0.356 e. The van der Waals surface area contributed by atoms with Crippen LogP contribution in [0.4, 0.5) is 0 Å². The van der Waals surface area contributed by atoms with Gasteiger partial charge in [0.15, 0.2) is 11.8 Å². The standard InChI is InChI=1S/C22H34N6O.HI/c1-17(2)21-26-20(29-27-21)12-9-13-24-22(23-3)25-16-19(28-14-7-8-15-28)18-10-5-4-6-11-18;/h4-6,10-11,17,19H,7-9,12-16H2,1-3H3,(H2,23,24,25);1H. The molecule has 1 aromatic heterocycles. The fraction of sp³-hybridized carbons (Fsp3) is 0.591. The van der Waals surface area contributed by atoms with Crippen molar-refractivity contribution in [2.75, 3.05) is 33.2 Å². The number of likely N-dealkylation sites (tertiary alicyclic amines) is 1. The predicted octanol–water partition coefficient (Wildman–Crippen LogP) is 3.75. The SMILES string of the molecule is CN=C(NCCCc1nc(C(C)C)no1)NCC(c1ccccc1)N1CCCC1.I. The maximum atomic E-state index is 5.30. The number of aryl methyl sites for hydroxylation is 1. The lowest BCUT2D eigenvalue weighted by molar-refractivity contribution is 0.245. The first-order valence-electron chi connectivity index (χ1n) is 10.7. The third-order valence-electron chi connectivity index (χ3n) is 5.31. The first-order valence-corrected chi connectivity index (χ1v) is 10.7. The maximum absolute atomic E-state index is 5.30. The van der Waals surface area contributed by atoms with Crippen LogP contribution < -0.4 is 10.6 Å². The van der Waals surface area contributed by atoms with Crippen molar-refractivity contribution in [2.45, 2.75) is 51.5 Å². The van der Waals surface area contributed by atoms with Crippen molar-refractivity contribution in [3.8, 4) is 0 Å². The average Bonchev–Trinajstić information content (AvgIpc) is 3.43. The van der Waals surface area contributed by atoms with Crippen LogP contribution >= 0.6 is 24.0 Å². The highest BCUT2D eigenvalue weighted by molar-refractivity contribution is 14.0. The van der Waals surface area contributed by atoms with E-state index in [4.69, 9.17) is 4.52 Å². The fourth-order valence-corrected chi connectivity index (χ4v) is 3.65. The summed E-state index contributed by atoms with van der Waals surface area (Å²) in [6, 6.07) is 11.1. The molecule has 1 aliphatic heterocycles. The Morgan fingerprint density at radius 3 is 2.53 bits per heavy atom. The van der Waals surface area contributed by atoms with E-state index in [1.54, 1.807) is 0 Å². The van der Waals surface area contributed by atoms with Crippen molar-refractivity contribution in [1.82, 2.24) is 25.7 Å². The number of rotatable bonds is 9. The summed E-state index contributed by atoms with van der Waals surface area (Å²) >= 11 is 0. The largest absolute Gasteiger partial charge is 0.356 e. The summed E-state index contributed by atoms with van der Waals surface area (Å²) in [6.45, 7) is 8.10. The van der Waals surface area contributed by atoms with E-state index in [1.165, 1.54) is 18.4 Å². The summed E-state index contributed by atoms with van der Waals surface area (Å²) in [6.07, 6.45) is 4.24. The summed E-state index contributed by atoms with van der Waals surface area (Å²) in [5.74, 6) is 2.61. The summed E-state index contributed by atoms with van der Waals surface area (Å²) in [5, 5.41) is 10.9.